The van der Waals surface area contributed by atoms with E-state index in [-0.39, 0.29) is 18.0 Å². The van der Waals surface area contributed by atoms with Crippen LogP contribution in [0.5, 0.6) is 5.75 Å². The Balaban J connectivity index is 1.48. The maximum Gasteiger partial charge on any atom is 0.226 e. The molecule has 0 aliphatic carbocycles. The van der Waals surface area contributed by atoms with Gasteiger partial charge >= 0.3 is 0 Å². The van der Waals surface area contributed by atoms with Crippen molar-refractivity contribution in [3.63, 3.8) is 0 Å². The van der Waals surface area contributed by atoms with E-state index in [0.29, 0.717) is 18.1 Å². The average Bonchev–Trinajstić information content (AvgIpc) is 3.42. The first kappa shape index (κ1) is 25.5. The van der Waals surface area contributed by atoms with E-state index in [9.17, 15) is 4.79 Å². The SMILES string of the molecule is COc1cccc(-n2c(C)cc([C@@H]3[C@@H](c4ccccn4)NC(=S)N3CCC(=O)Nc3ccccc3)c2C)c1. The van der Waals surface area contributed by atoms with Gasteiger partial charge in [0.25, 0.3) is 0 Å². The number of nitrogens with one attached hydrogen (secondary N) is 2. The molecule has 1 aliphatic heterocycles. The summed E-state index contributed by atoms with van der Waals surface area (Å²) in [5.74, 6) is 0.749. The highest BCUT2D eigenvalue weighted by molar-refractivity contribution is 7.80. The van der Waals surface area contributed by atoms with Gasteiger partial charge in [-0.3, -0.25) is 9.78 Å². The highest BCUT2D eigenvalue weighted by Gasteiger charge is 2.41. The van der Waals surface area contributed by atoms with Crippen LogP contribution in [0.15, 0.2) is 85.1 Å². The minimum atomic E-state index is -0.153. The number of hydrogen-bond donors (Lipinski definition) is 2. The molecule has 8 heteroatoms. The van der Waals surface area contributed by atoms with Crippen molar-refractivity contribution in [1.82, 2.24) is 19.8 Å². The second-order valence-electron chi connectivity index (χ2n) is 9.35. The Morgan fingerprint density at radius 2 is 1.84 bits per heavy atom. The van der Waals surface area contributed by atoms with Crippen molar-refractivity contribution in [2.45, 2.75) is 32.4 Å². The molecule has 1 fully saturated rings. The summed E-state index contributed by atoms with van der Waals surface area (Å²) in [6, 6.07) is 25.4. The lowest BCUT2D eigenvalue weighted by Gasteiger charge is -2.28. The normalized spacial score (nSPS) is 16.8. The standard InChI is InChI=1S/C30H31N5O2S/c1-20-18-25(21(2)35(20)23-12-9-13-24(19-23)37-3)29-28(26-14-7-8-16-31-26)33-30(38)34(29)17-15-27(36)32-22-10-5-4-6-11-22/h4-14,16,18-19,28-29H,15,17H2,1-3H3,(H,32,36)(H,33,38)/t28-,29-/m1/s1. The van der Waals surface area contributed by atoms with Crippen molar-refractivity contribution < 1.29 is 9.53 Å². The second kappa shape index (κ2) is 11.1. The quantitative estimate of drug-likeness (QED) is 0.296. The number of para-hydroxylation sites is 1. The van der Waals surface area contributed by atoms with E-state index in [2.05, 4.69) is 51.1 Å². The predicted molar refractivity (Wildman–Crippen MR) is 154 cm³/mol. The van der Waals surface area contributed by atoms with Gasteiger partial charge in [-0.1, -0.05) is 30.3 Å². The largest absolute Gasteiger partial charge is 0.497 e. The van der Waals surface area contributed by atoms with Crippen molar-refractivity contribution in [1.29, 1.82) is 0 Å². The van der Waals surface area contributed by atoms with E-state index >= 15 is 0 Å². The van der Waals surface area contributed by atoms with E-state index in [1.54, 1.807) is 13.3 Å². The number of pyridine rings is 1. The molecule has 1 saturated heterocycles. The second-order valence-corrected chi connectivity index (χ2v) is 9.73. The molecule has 0 unspecified atom stereocenters. The van der Waals surface area contributed by atoms with Gasteiger partial charge in [0.15, 0.2) is 5.11 Å². The number of aromatic nitrogens is 2. The van der Waals surface area contributed by atoms with Crippen LogP contribution in [0.25, 0.3) is 5.69 Å². The summed E-state index contributed by atoms with van der Waals surface area (Å²) in [6.07, 6.45) is 2.10. The van der Waals surface area contributed by atoms with Crippen molar-refractivity contribution in [2.24, 2.45) is 0 Å². The predicted octanol–water partition coefficient (Wildman–Crippen LogP) is 5.50. The van der Waals surface area contributed by atoms with Gasteiger partial charge in [0.1, 0.15) is 5.75 Å². The fourth-order valence-corrected chi connectivity index (χ4v) is 5.52. The van der Waals surface area contributed by atoms with Crippen LogP contribution in [0.4, 0.5) is 5.69 Å². The third-order valence-electron chi connectivity index (χ3n) is 6.94. The van der Waals surface area contributed by atoms with Crippen molar-refractivity contribution in [3.8, 4) is 11.4 Å². The Bertz CT molecular complexity index is 1440. The fourth-order valence-electron chi connectivity index (χ4n) is 5.19. The Kier molecular flexibility index (Phi) is 7.42. The number of amides is 1. The number of anilines is 1. The molecular formula is C30H31N5O2S. The molecule has 38 heavy (non-hydrogen) atoms. The number of benzene rings is 2. The lowest BCUT2D eigenvalue weighted by molar-refractivity contribution is -0.116. The molecule has 0 radical (unpaired) electrons. The monoisotopic (exact) mass is 525 g/mol. The zero-order chi connectivity index (χ0) is 26.6. The minimum absolute atomic E-state index is 0.0547. The molecule has 4 aromatic rings. The van der Waals surface area contributed by atoms with E-state index < -0.39 is 0 Å². The lowest BCUT2D eigenvalue weighted by Crippen LogP contribution is -2.32. The number of thiocarbonyl (C=S) groups is 1. The summed E-state index contributed by atoms with van der Waals surface area (Å²) in [6.45, 7) is 4.70. The molecule has 1 aliphatic rings. The van der Waals surface area contributed by atoms with Gasteiger partial charge < -0.3 is 24.8 Å². The molecule has 2 aromatic heterocycles. The van der Waals surface area contributed by atoms with Gasteiger partial charge in [-0.25, -0.2) is 0 Å². The van der Waals surface area contributed by atoms with Crippen LogP contribution in [0.1, 0.15) is 41.1 Å². The molecule has 5 rings (SSSR count). The number of aryl methyl sites for hydroxylation is 1. The summed E-state index contributed by atoms with van der Waals surface area (Å²) in [7, 11) is 1.67. The summed E-state index contributed by atoms with van der Waals surface area (Å²) in [5, 5.41) is 7.08. The highest BCUT2D eigenvalue weighted by atomic mass is 32.1. The molecule has 0 saturated carbocycles. The van der Waals surface area contributed by atoms with Crippen molar-refractivity contribution >= 4 is 28.9 Å². The van der Waals surface area contributed by atoms with Crippen molar-refractivity contribution in [2.75, 3.05) is 19.0 Å². The molecule has 1 amide bonds. The minimum Gasteiger partial charge on any atom is -0.497 e. The van der Waals surface area contributed by atoms with Gasteiger partial charge in [-0.15, -0.1) is 0 Å². The third kappa shape index (κ3) is 5.13. The number of hydrogen-bond acceptors (Lipinski definition) is 4. The van der Waals surface area contributed by atoms with E-state index in [1.165, 1.54) is 0 Å². The zero-order valence-corrected chi connectivity index (χ0v) is 22.5. The summed E-state index contributed by atoms with van der Waals surface area (Å²) >= 11 is 5.82. The first-order valence-corrected chi connectivity index (χ1v) is 13.0. The Labute approximate surface area is 228 Å². The summed E-state index contributed by atoms with van der Waals surface area (Å²) in [4.78, 5) is 19.6. The number of rotatable bonds is 8. The first-order valence-electron chi connectivity index (χ1n) is 12.6. The van der Waals surface area contributed by atoms with E-state index in [4.69, 9.17) is 17.0 Å². The van der Waals surface area contributed by atoms with Crippen LogP contribution in [-0.2, 0) is 4.79 Å². The molecule has 0 spiro atoms. The highest BCUT2D eigenvalue weighted by Crippen LogP contribution is 2.41. The smallest absolute Gasteiger partial charge is 0.226 e. The molecule has 2 aromatic carbocycles. The maximum atomic E-state index is 12.8. The van der Waals surface area contributed by atoms with Gasteiger partial charge in [-0.05, 0) is 74.1 Å². The number of ether oxygens (including phenoxy) is 1. The Hall–Kier alpha value is -4.17. The topological polar surface area (TPSA) is 71.4 Å². The number of nitrogens with zero attached hydrogens (tertiary/aromatic N) is 3. The van der Waals surface area contributed by atoms with Gasteiger partial charge in [-0.2, -0.15) is 0 Å². The van der Waals surface area contributed by atoms with E-state index in [1.807, 2.05) is 66.7 Å². The summed E-state index contributed by atoms with van der Waals surface area (Å²) in [5.41, 5.74) is 6.06. The Morgan fingerprint density at radius 3 is 2.58 bits per heavy atom. The molecule has 2 N–H and O–H groups in total. The van der Waals surface area contributed by atoms with Gasteiger partial charge in [0.05, 0.1) is 24.9 Å². The molecule has 7 nitrogen and oxygen atoms in total. The summed E-state index contributed by atoms with van der Waals surface area (Å²) < 4.78 is 7.70. The molecule has 3 heterocycles. The Morgan fingerprint density at radius 1 is 1.05 bits per heavy atom. The van der Waals surface area contributed by atoms with E-state index in [0.717, 1.165) is 39.8 Å². The van der Waals surface area contributed by atoms with Crippen LogP contribution in [0, 0.1) is 13.8 Å². The molecular weight excluding hydrogens is 494 g/mol. The van der Waals surface area contributed by atoms with Crippen LogP contribution in [-0.4, -0.2) is 39.1 Å². The van der Waals surface area contributed by atoms with Crippen LogP contribution < -0.4 is 15.4 Å². The average molecular weight is 526 g/mol. The van der Waals surface area contributed by atoms with Gasteiger partial charge in [0, 0.05) is 48.0 Å². The zero-order valence-electron chi connectivity index (χ0n) is 21.7. The molecule has 194 valence electrons. The van der Waals surface area contributed by atoms with Gasteiger partial charge in [0.2, 0.25) is 5.91 Å². The lowest BCUT2D eigenvalue weighted by atomic mass is 9.96. The third-order valence-corrected chi connectivity index (χ3v) is 7.29. The number of carbonyl (C=O) groups excluding carboxylic acids is 1. The number of carbonyl (C=O) groups is 1. The maximum absolute atomic E-state index is 12.8. The van der Waals surface area contributed by atoms with Crippen LogP contribution in [0.2, 0.25) is 0 Å². The molecule has 0 bridgehead atoms. The first-order chi connectivity index (χ1) is 18.5. The fraction of sp³-hybridized carbons (Fsp3) is 0.233. The number of methoxy groups -OCH3 is 1. The molecule has 2 atom stereocenters. The van der Waals surface area contributed by atoms with Crippen molar-refractivity contribution in [3.05, 3.63) is 108 Å². The van der Waals surface area contributed by atoms with Crippen LogP contribution in [0.3, 0.4) is 0 Å². The van der Waals surface area contributed by atoms with Crippen LogP contribution >= 0.6 is 12.2 Å².